The summed E-state index contributed by atoms with van der Waals surface area (Å²) in [5.41, 5.74) is 1.78. The highest BCUT2D eigenvalue weighted by molar-refractivity contribution is 7.71. The Morgan fingerprint density at radius 2 is 2.15 bits per heavy atom. The standard InChI is InChI=1S/C9H8N2OS/c1-12-8-9(13)11-7-5-3-2-4-6(7)10-8/h2-5H,1H3,(H,11,13). The Balaban J connectivity index is 2.81. The molecule has 0 saturated carbocycles. The number of rotatable bonds is 1. The lowest BCUT2D eigenvalue weighted by Crippen LogP contribution is -1.91. The van der Waals surface area contributed by atoms with Crippen LogP contribution in [0, 0.1) is 4.64 Å². The monoisotopic (exact) mass is 192 g/mol. The Bertz CT molecular complexity index is 492. The molecule has 66 valence electrons. The molecule has 0 bridgehead atoms. The summed E-state index contributed by atoms with van der Waals surface area (Å²) in [6.45, 7) is 0. The van der Waals surface area contributed by atoms with Crippen LogP contribution >= 0.6 is 12.2 Å². The van der Waals surface area contributed by atoms with Crippen molar-refractivity contribution in [1.29, 1.82) is 0 Å². The van der Waals surface area contributed by atoms with Gasteiger partial charge in [0.05, 0.1) is 18.1 Å². The molecule has 3 nitrogen and oxygen atoms in total. The molecule has 1 aromatic heterocycles. The summed E-state index contributed by atoms with van der Waals surface area (Å²) in [5, 5.41) is 0. The lowest BCUT2D eigenvalue weighted by molar-refractivity contribution is 0.396. The maximum Gasteiger partial charge on any atom is 0.249 e. The number of nitrogens with one attached hydrogen (secondary N) is 1. The predicted molar refractivity (Wildman–Crippen MR) is 53.5 cm³/mol. The van der Waals surface area contributed by atoms with Crippen LogP contribution in [0.4, 0.5) is 0 Å². The first-order valence-corrected chi connectivity index (χ1v) is 4.25. The van der Waals surface area contributed by atoms with E-state index in [2.05, 4.69) is 9.97 Å². The number of para-hydroxylation sites is 2. The van der Waals surface area contributed by atoms with Crippen LogP contribution in [-0.2, 0) is 0 Å². The van der Waals surface area contributed by atoms with Crippen LogP contribution in [0.1, 0.15) is 0 Å². The van der Waals surface area contributed by atoms with Gasteiger partial charge < -0.3 is 9.72 Å². The Kier molecular flexibility index (Phi) is 1.98. The van der Waals surface area contributed by atoms with Gasteiger partial charge in [0.25, 0.3) is 0 Å². The molecular weight excluding hydrogens is 184 g/mol. The minimum Gasteiger partial charge on any atom is -0.479 e. The molecule has 0 aliphatic carbocycles. The molecule has 0 atom stereocenters. The summed E-state index contributed by atoms with van der Waals surface area (Å²) < 4.78 is 5.54. The molecule has 0 fully saturated rings. The van der Waals surface area contributed by atoms with Gasteiger partial charge >= 0.3 is 0 Å². The summed E-state index contributed by atoms with van der Waals surface area (Å²) in [5.74, 6) is 0.466. The van der Waals surface area contributed by atoms with E-state index in [9.17, 15) is 0 Å². The van der Waals surface area contributed by atoms with Crippen LogP contribution in [0.25, 0.3) is 11.0 Å². The van der Waals surface area contributed by atoms with Crippen LogP contribution in [0.3, 0.4) is 0 Å². The number of hydrogen-bond acceptors (Lipinski definition) is 3. The SMILES string of the molecule is COc1nc2ccccc2[nH]c1=S. The van der Waals surface area contributed by atoms with Crippen molar-refractivity contribution in [3.8, 4) is 5.88 Å². The van der Waals surface area contributed by atoms with E-state index in [1.807, 2.05) is 24.3 Å². The Morgan fingerprint density at radius 3 is 2.92 bits per heavy atom. The zero-order chi connectivity index (χ0) is 9.26. The van der Waals surface area contributed by atoms with E-state index < -0.39 is 0 Å². The number of H-pyrrole nitrogens is 1. The van der Waals surface area contributed by atoms with Crippen molar-refractivity contribution in [2.24, 2.45) is 0 Å². The first kappa shape index (κ1) is 8.19. The fourth-order valence-electron chi connectivity index (χ4n) is 1.15. The van der Waals surface area contributed by atoms with Gasteiger partial charge in [0.1, 0.15) is 0 Å². The van der Waals surface area contributed by atoms with Gasteiger partial charge in [-0.1, -0.05) is 24.4 Å². The molecular formula is C9H8N2OS. The third-order valence-corrected chi connectivity index (χ3v) is 2.04. The smallest absolute Gasteiger partial charge is 0.249 e. The Labute approximate surface area is 80.4 Å². The van der Waals surface area contributed by atoms with Crippen molar-refractivity contribution in [2.45, 2.75) is 0 Å². The molecule has 1 N–H and O–H groups in total. The summed E-state index contributed by atoms with van der Waals surface area (Å²) in [7, 11) is 1.56. The van der Waals surface area contributed by atoms with Gasteiger partial charge in [-0.05, 0) is 12.1 Å². The minimum absolute atomic E-state index is 0.466. The normalized spacial score (nSPS) is 10.2. The van der Waals surface area contributed by atoms with Gasteiger partial charge in [-0.2, -0.15) is 0 Å². The van der Waals surface area contributed by atoms with E-state index in [0.29, 0.717) is 10.5 Å². The number of aromatic amines is 1. The molecule has 2 rings (SSSR count). The van der Waals surface area contributed by atoms with Crippen LogP contribution in [0.15, 0.2) is 24.3 Å². The van der Waals surface area contributed by atoms with Gasteiger partial charge in [-0.15, -0.1) is 0 Å². The average Bonchev–Trinajstić information content (AvgIpc) is 2.17. The molecule has 4 heteroatoms. The number of ether oxygens (including phenoxy) is 1. The predicted octanol–water partition coefficient (Wildman–Crippen LogP) is 2.30. The average molecular weight is 192 g/mol. The van der Waals surface area contributed by atoms with E-state index in [1.165, 1.54) is 0 Å². The van der Waals surface area contributed by atoms with Crippen molar-refractivity contribution in [3.05, 3.63) is 28.9 Å². The van der Waals surface area contributed by atoms with Crippen LogP contribution in [0.5, 0.6) is 5.88 Å². The van der Waals surface area contributed by atoms with Crippen molar-refractivity contribution < 1.29 is 4.74 Å². The van der Waals surface area contributed by atoms with Gasteiger partial charge in [-0.25, -0.2) is 4.98 Å². The molecule has 2 aromatic rings. The summed E-state index contributed by atoms with van der Waals surface area (Å²) in [6, 6.07) is 7.69. The fraction of sp³-hybridized carbons (Fsp3) is 0.111. The first-order chi connectivity index (χ1) is 6.31. The van der Waals surface area contributed by atoms with E-state index in [-0.39, 0.29) is 0 Å². The second-order valence-electron chi connectivity index (χ2n) is 2.59. The van der Waals surface area contributed by atoms with Crippen LogP contribution in [-0.4, -0.2) is 17.1 Å². The second-order valence-corrected chi connectivity index (χ2v) is 3.00. The lowest BCUT2D eigenvalue weighted by atomic mass is 10.3. The Hall–Kier alpha value is -1.42. The van der Waals surface area contributed by atoms with E-state index in [1.54, 1.807) is 7.11 Å². The third kappa shape index (κ3) is 1.40. The van der Waals surface area contributed by atoms with E-state index in [0.717, 1.165) is 11.0 Å². The molecule has 0 amide bonds. The van der Waals surface area contributed by atoms with Gasteiger partial charge in [0.15, 0.2) is 4.64 Å². The number of fused-ring (bicyclic) bond motifs is 1. The fourth-order valence-corrected chi connectivity index (χ4v) is 1.39. The van der Waals surface area contributed by atoms with Crippen LogP contribution in [0.2, 0.25) is 0 Å². The molecule has 1 aromatic carbocycles. The molecule has 0 aliphatic heterocycles. The number of benzene rings is 1. The first-order valence-electron chi connectivity index (χ1n) is 3.84. The van der Waals surface area contributed by atoms with Gasteiger partial charge in [-0.3, -0.25) is 0 Å². The zero-order valence-corrected chi connectivity index (χ0v) is 7.89. The quantitative estimate of drug-likeness (QED) is 0.704. The third-order valence-electron chi connectivity index (χ3n) is 1.76. The van der Waals surface area contributed by atoms with Crippen molar-refractivity contribution in [1.82, 2.24) is 9.97 Å². The van der Waals surface area contributed by atoms with Crippen LogP contribution < -0.4 is 4.74 Å². The van der Waals surface area contributed by atoms with E-state index in [4.69, 9.17) is 17.0 Å². The number of nitrogens with zero attached hydrogens (tertiary/aromatic N) is 1. The molecule has 0 aliphatic rings. The van der Waals surface area contributed by atoms with Gasteiger partial charge in [0, 0.05) is 0 Å². The number of hydrogen-bond donors (Lipinski definition) is 1. The zero-order valence-electron chi connectivity index (χ0n) is 7.07. The highest BCUT2D eigenvalue weighted by atomic mass is 32.1. The molecule has 0 radical (unpaired) electrons. The molecule has 1 heterocycles. The molecule has 0 spiro atoms. The second kappa shape index (κ2) is 3.14. The highest BCUT2D eigenvalue weighted by Gasteiger charge is 1.99. The minimum atomic E-state index is 0.466. The number of aromatic nitrogens is 2. The summed E-state index contributed by atoms with van der Waals surface area (Å²) >= 11 is 5.04. The largest absolute Gasteiger partial charge is 0.479 e. The topological polar surface area (TPSA) is 37.9 Å². The summed E-state index contributed by atoms with van der Waals surface area (Å²) in [6.07, 6.45) is 0. The van der Waals surface area contributed by atoms with Gasteiger partial charge in [0.2, 0.25) is 5.88 Å². The summed E-state index contributed by atoms with van der Waals surface area (Å²) in [4.78, 5) is 7.27. The molecule has 0 saturated heterocycles. The van der Waals surface area contributed by atoms with E-state index >= 15 is 0 Å². The van der Waals surface area contributed by atoms with Crippen molar-refractivity contribution >= 4 is 23.3 Å². The maximum atomic E-state index is 5.04. The lowest BCUT2D eigenvalue weighted by Gasteiger charge is -2.01. The molecule has 0 unspecified atom stereocenters. The van der Waals surface area contributed by atoms with Crippen molar-refractivity contribution in [3.63, 3.8) is 0 Å². The highest BCUT2D eigenvalue weighted by Crippen LogP contribution is 2.14. The van der Waals surface area contributed by atoms with Crippen molar-refractivity contribution in [2.75, 3.05) is 7.11 Å². The number of methoxy groups -OCH3 is 1. The maximum absolute atomic E-state index is 5.04. The Morgan fingerprint density at radius 1 is 1.38 bits per heavy atom. The molecule has 13 heavy (non-hydrogen) atoms.